The van der Waals surface area contributed by atoms with Gasteiger partial charge in [0.05, 0.1) is 24.9 Å². The maximum Gasteiger partial charge on any atom is 0.228 e. The molecule has 0 aliphatic carbocycles. The van der Waals surface area contributed by atoms with Crippen LogP contribution in [0.3, 0.4) is 0 Å². The van der Waals surface area contributed by atoms with Gasteiger partial charge in [-0.05, 0) is 43.8 Å². The number of benzene rings is 1. The Morgan fingerprint density at radius 3 is 2.46 bits per heavy atom. The lowest BCUT2D eigenvalue weighted by atomic mass is 10.1. The summed E-state index contributed by atoms with van der Waals surface area (Å²) in [5.41, 5.74) is 1.67. The zero-order chi connectivity index (χ0) is 18.4. The van der Waals surface area contributed by atoms with Crippen molar-refractivity contribution in [3.05, 3.63) is 48.2 Å². The highest BCUT2D eigenvalue weighted by Crippen LogP contribution is 2.17. The Labute approximate surface area is 154 Å². The van der Waals surface area contributed by atoms with Crippen LogP contribution in [0.25, 0.3) is 0 Å². The summed E-state index contributed by atoms with van der Waals surface area (Å²) in [7, 11) is 2.13. The second-order valence-corrected chi connectivity index (χ2v) is 6.50. The Bertz CT molecular complexity index is 708. The SMILES string of the molecule is CCOc1ccc(CC(=O)Nc2ccc(N3CCN(C)CC3)nc2)cc1. The van der Waals surface area contributed by atoms with E-state index in [1.54, 1.807) is 6.20 Å². The quantitative estimate of drug-likeness (QED) is 0.863. The summed E-state index contributed by atoms with van der Waals surface area (Å²) in [6.07, 6.45) is 2.05. The molecular formula is C20H26N4O2. The number of pyridine rings is 1. The molecule has 1 aliphatic heterocycles. The van der Waals surface area contributed by atoms with Crippen molar-refractivity contribution in [1.29, 1.82) is 0 Å². The molecule has 1 aromatic carbocycles. The van der Waals surface area contributed by atoms with Crippen LogP contribution in [0, 0.1) is 0 Å². The minimum absolute atomic E-state index is 0.0525. The van der Waals surface area contributed by atoms with Crippen LogP contribution in [0.2, 0.25) is 0 Å². The highest BCUT2D eigenvalue weighted by Gasteiger charge is 2.15. The molecule has 3 rings (SSSR count). The first-order valence-electron chi connectivity index (χ1n) is 9.05. The molecule has 2 heterocycles. The summed E-state index contributed by atoms with van der Waals surface area (Å²) in [4.78, 5) is 21.3. The molecule has 1 saturated heterocycles. The Hall–Kier alpha value is -2.60. The minimum Gasteiger partial charge on any atom is -0.494 e. The van der Waals surface area contributed by atoms with Gasteiger partial charge in [-0.15, -0.1) is 0 Å². The van der Waals surface area contributed by atoms with E-state index in [0.29, 0.717) is 13.0 Å². The van der Waals surface area contributed by atoms with Crippen molar-refractivity contribution in [2.45, 2.75) is 13.3 Å². The van der Waals surface area contributed by atoms with Gasteiger partial charge in [0, 0.05) is 26.2 Å². The molecule has 6 nitrogen and oxygen atoms in total. The van der Waals surface area contributed by atoms with Crippen LogP contribution in [0.15, 0.2) is 42.6 Å². The number of nitrogens with zero attached hydrogens (tertiary/aromatic N) is 3. The molecule has 1 aromatic heterocycles. The van der Waals surface area contributed by atoms with Crippen molar-refractivity contribution in [3.63, 3.8) is 0 Å². The summed E-state index contributed by atoms with van der Waals surface area (Å²) in [6.45, 7) is 6.63. The van der Waals surface area contributed by atoms with Gasteiger partial charge in [0.15, 0.2) is 0 Å². The number of anilines is 2. The average molecular weight is 354 g/mol. The van der Waals surface area contributed by atoms with Crippen LogP contribution in [0.5, 0.6) is 5.75 Å². The lowest BCUT2D eigenvalue weighted by Crippen LogP contribution is -2.44. The second kappa shape index (κ2) is 8.67. The van der Waals surface area contributed by atoms with Gasteiger partial charge in [-0.25, -0.2) is 4.98 Å². The van der Waals surface area contributed by atoms with Crippen LogP contribution in [-0.2, 0) is 11.2 Å². The maximum absolute atomic E-state index is 12.2. The molecule has 0 saturated carbocycles. The Balaban J connectivity index is 1.52. The fourth-order valence-corrected chi connectivity index (χ4v) is 2.94. The summed E-state index contributed by atoms with van der Waals surface area (Å²) in [5.74, 6) is 1.73. The van der Waals surface area contributed by atoms with Gasteiger partial charge in [-0.3, -0.25) is 4.79 Å². The molecule has 0 unspecified atom stereocenters. The molecule has 0 atom stereocenters. The van der Waals surface area contributed by atoms with Crippen LogP contribution in [0.1, 0.15) is 12.5 Å². The molecule has 1 amide bonds. The van der Waals surface area contributed by atoms with E-state index in [2.05, 4.69) is 27.1 Å². The third-order valence-corrected chi connectivity index (χ3v) is 4.46. The van der Waals surface area contributed by atoms with E-state index in [4.69, 9.17) is 4.74 Å². The van der Waals surface area contributed by atoms with Gasteiger partial charge in [-0.2, -0.15) is 0 Å². The zero-order valence-electron chi connectivity index (χ0n) is 15.4. The van der Waals surface area contributed by atoms with E-state index < -0.39 is 0 Å². The average Bonchev–Trinajstić information content (AvgIpc) is 2.65. The number of nitrogens with one attached hydrogen (secondary N) is 1. The number of piperazine rings is 1. The molecule has 0 bridgehead atoms. The number of carbonyl (C=O) groups is 1. The molecular weight excluding hydrogens is 328 g/mol. The summed E-state index contributed by atoms with van der Waals surface area (Å²) < 4.78 is 5.41. The van der Waals surface area contributed by atoms with E-state index in [-0.39, 0.29) is 5.91 Å². The number of carbonyl (C=O) groups excluding carboxylic acids is 1. The van der Waals surface area contributed by atoms with E-state index in [9.17, 15) is 4.79 Å². The molecule has 26 heavy (non-hydrogen) atoms. The van der Waals surface area contributed by atoms with E-state index in [1.165, 1.54) is 0 Å². The van der Waals surface area contributed by atoms with Crippen molar-refractivity contribution in [3.8, 4) is 5.75 Å². The van der Waals surface area contributed by atoms with Crippen molar-refractivity contribution in [2.75, 3.05) is 50.1 Å². The standard InChI is InChI=1S/C20H26N4O2/c1-3-26-18-7-4-16(5-8-18)14-20(25)22-17-6-9-19(21-15-17)24-12-10-23(2)11-13-24/h4-9,15H,3,10-14H2,1-2H3,(H,22,25). The molecule has 1 N–H and O–H groups in total. The number of aromatic nitrogens is 1. The first-order chi connectivity index (χ1) is 12.6. The van der Waals surface area contributed by atoms with Gasteiger partial charge in [0.25, 0.3) is 0 Å². The number of rotatable bonds is 6. The molecule has 1 fully saturated rings. The van der Waals surface area contributed by atoms with E-state index in [0.717, 1.165) is 49.0 Å². The van der Waals surface area contributed by atoms with Gasteiger partial charge < -0.3 is 19.9 Å². The molecule has 2 aromatic rings. The first kappa shape index (κ1) is 18.2. The third kappa shape index (κ3) is 4.95. The summed E-state index contributed by atoms with van der Waals surface area (Å²) in [5, 5.41) is 2.91. The highest BCUT2D eigenvalue weighted by molar-refractivity contribution is 5.92. The van der Waals surface area contributed by atoms with Crippen LogP contribution < -0.4 is 15.0 Å². The first-order valence-corrected chi connectivity index (χ1v) is 9.05. The van der Waals surface area contributed by atoms with E-state index in [1.807, 2.05) is 43.3 Å². The number of likely N-dealkylation sites (N-methyl/N-ethyl adjacent to an activating group) is 1. The lowest BCUT2D eigenvalue weighted by Gasteiger charge is -2.33. The number of ether oxygens (including phenoxy) is 1. The van der Waals surface area contributed by atoms with Gasteiger partial charge >= 0.3 is 0 Å². The topological polar surface area (TPSA) is 57.7 Å². The Morgan fingerprint density at radius 2 is 1.85 bits per heavy atom. The fraction of sp³-hybridized carbons (Fsp3) is 0.400. The third-order valence-electron chi connectivity index (χ3n) is 4.46. The van der Waals surface area contributed by atoms with Crippen LogP contribution in [0.4, 0.5) is 11.5 Å². The van der Waals surface area contributed by atoms with Crippen LogP contribution >= 0.6 is 0 Å². The normalized spacial score (nSPS) is 14.9. The Kier molecular flexibility index (Phi) is 6.07. The van der Waals surface area contributed by atoms with Crippen molar-refractivity contribution in [2.24, 2.45) is 0 Å². The number of amides is 1. The number of hydrogen-bond acceptors (Lipinski definition) is 5. The monoisotopic (exact) mass is 354 g/mol. The van der Waals surface area contributed by atoms with Crippen molar-refractivity contribution >= 4 is 17.4 Å². The zero-order valence-corrected chi connectivity index (χ0v) is 15.4. The van der Waals surface area contributed by atoms with Crippen molar-refractivity contribution in [1.82, 2.24) is 9.88 Å². The highest BCUT2D eigenvalue weighted by atomic mass is 16.5. The summed E-state index contributed by atoms with van der Waals surface area (Å²) in [6, 6.07) is 11.5. The predicted octanol–water partition coefficient (Wildman–Crippen LogP) is 2.41. The van der Waals surface area contributed by atoms with Gasteiger partial charge in [0.1, 0.15) is 11.6 Å². The Morgan fingerprint density at radius 1 is 1.12 bits per heavy atom. The molecule has 0 spiro atoms. The molecule has 0 radical (unpaired) electrons. The fourth-order valence-electron chi connectivity index (χ4n) is 2.94. The molecule has 138 valence electrons. The predicted molar refractivity (Wildman–Crippen MR) is 104 cm³/mol. The largest absolute Gasteiger partial charge is 0.494 e. The smallest absolute Gasteiger partial charge is 0.228 e. The van der Waals surface area contributed by atoms with Crippen LogP contribution in [-0.4, -0.2) is 55.6 Å². The molecule has 6 heteroatoms. The van der Waals surface area contributed by atoms with Gasteiger partial charge in [0.2, 0.25) is 5.91 Å². The molecule has 1 aliphatic rings. The second-order valence-electron chi connectivity index (χ2n) is 6.50. The maximum atomic E-state index is 12.2. The van der Waals surface area contributed by atoms with E-state index >= 15 is 0 Å². The van der Waals surface area contributed by atoms with Gasteiger partial charge in [-0.1, -0.05) is 12.1 Å². The minimum atomic E-state index is -0.0525. The summed E-state index contributed by atoms with van der Waals surface area (Å²) >= 11 is 0. The number of hydrogen-bond donors (Lipinski definition) is 1. The lowest BCUT2D eigenvalue weighted by molar-refractivity contribution is -0.115. The van der Waals surface area contributed by atoms with Crippen molar-refractivity contribution < 1.29 is 9.53 Å².